The molecule has 0 radical (unpaired) electrons. The zero-order valence-corrected chi connectivity index (χ0v) is 12.3. The number of carboxylic acid groups (broad SMARTS) is 1. The number of aliphatic carboxylic acids is 1. The van der Waals surface area contributed by atoms with E-state index in [-0.39, 0.29) is 11.8 Å². The summed E-state index contributed by atoms with van der Waals surface area (Å²) >= 11 is 0. The SMILES string of the molecule is CC1CCC(CC(=O)N2C[C@@H]3CCC[C@@]3(C(=O)O)C2)C1. The van der Waals surface area contributed by atoms with E-state index in [4.69, 9.17) is 0 Å². The topological polar surface area (TPSA) is 57.6 Å². The summed E-state index contributed by atoms with van der Waals surface area (Å²) < 4.78 is 0. The Balaban J connectivity index is 1.62. The van der Waals surface area contributed by atoms with Gasteiger partial charge in [0.1, 0.15) is 0 Å². The molecule has 0 spiro atoms. The van der Waals surface area contributed by atoms with E-state index in [1.165, 1.54) is 6.42 Å². The summed E-state index contributed by atoms with van der Waals surface area (Å²) in [5.74, 6) is 0.963. The molecule has 0 bridgehead atoms. The number of amides is 1. The van der Waals surface area contributed by atoms with Crippen LogP contribution in [0.15, 0.2) is 0 Å². The molecule has 2 aliphatic carbocycles. The summed E-state index contributed by atoms with van der Waals surface area (Å²) in [5.41, 5.74) is -0.626. The van der Waals surface area contributed by atoms with Gasteiger partial charge in [0, 0.05) is 19.5 Å². The van der Waals surface area contributed by atoms with Gasteiger partial charge >= 0.3 is 5.97 Å². The number of carbonyl (C=O) groups excluding carboxylic acids is 1. The number of rotatable bonds is 3. The van der Waals surface area contributed by atoms with Crippen molar-refractivity contribution >= 4 is 11.9 Å². The zero-order valence-electron chi connectivity index (χ0n) is 12.3. The average molecular weight is 279 g/mol. The highest BCUT2D eigenvalue weighted by atomic mass is 16.4. The minimum Gasteiger partial charge on any atom is -0.481 e. The van der Waals surface area contributed by atoms with Crippen LogP contribution in [-0.2, 0) is 9.59 Å². The molecular formula is C16H25NO3. The van der Waals surface area contributed by atoms with Gasteiger partial charge in [-0.15, -0.1) is 0 Å². The number of likely N-dealkylation sites (tertiary alicyclic amines) is 1. The van der Waals surface area contributed by atoms with Gasteiger partial charge in [-0.25, -0.2) is 0 Å². The van der Waals surface area contributed by atoms with Crippen LogP contribution in [0.25, 0.3) is 0 Å². The Labute approximate surface area is 120 Å². The molecule has 1 N–H and O–H groups in total. The predicted molar refractivity (Wildman–Crippen MR) is 75.1 cm³/mol. The van der Waals surface area contributed by atoms with Crippen LogP contribution >= 0.6 is 0 Å². The first kappa shape index (κ1) is 13.9. The van der Waals surface area contributed by atoms with E-state index in [0.717, 1.165) is 38.0 Å². The molecular weight excluding hydrogens is 254 g/mol. The highest BCUT2D eigenvalue weighted by Gasteiger charge is 2.55. The molecule has 1 amide bonds. The third kappa shape index (κ3) is 2.23. The van der Waals surface area contributed by atoms with E-state index < -0.39 is 11.4 Å². The standard InChI is InChI=1S/C16H25NO3/c1-11-4-5-12(7-11)8-14(18)17-9-13-3-2-6-16(13,10-17)15(19)20/h11-13H,2-10H2,1H3,(H,19,20)/t11?,12?,13-,16+/m0/s1. The van der Waals surface area contributed by atoms with E-state index in [1.807, 2.05) is 4.90 Å². The molecule has 1 aliphatic heterocycles. The highest BCUT2D eigenvalue weighted by molar-refractivity contribution is 5.81. The molecule has 3 rings (SSSR count). The summed E-state index contributed by atoms with van der Waals surface area (Å²) in [6.07, 6.45) is 6.90. The third-order valence-corrected chi connectivity index (χ3v) is 5.92. The normalized spacial score (nSPS) is 40.0. The second kappa shape index (κ2) is 5.05. The third-order valence-electron chi connectivity index (χ3n) is 5.92. The molecule has 2 saturated carbocycles. The molecule has 4 heteroatoms. The van der Waals surface area contributed by atoms with E-state index in [9.17, 15) is 14.7 Å². The van der Waals surface area contributed by atoms with Gasteiger partial charge in [0.05, 0.1) is 5.41 Å². The van der Waals surface area contributed by atoms with Gasteiger partial charge in [-0.3, -0.25) is 9.59 Å². The molecule has 3 fully saturated rings. The van der Waals surface area contributed by atoms with Gasteiger partial charge < -0.3 is 10.0 Å². The van der Waals surface area contributed by atoms with Crippen LogP contribution in [0.1, 0.15) is 51.9 Å². The van der Waals surface area contributed by atoms with E-state index in [0.29, 0.717) is 25.4 Å². The maximum absolute atomic E-state index is 12.4. The van der Waals surface area contributed by atoms with Crippen LogP contribution in [0.5, 0.6) is 0 Å². The Bertz CT molecular complexity index is 422. The Morgan fingerprint density at radius 1 is 1.30 bits per heavy atom. The number of fused-ring (bicyclic) bond motifs is 1. The van der Waals surface area contributed by atoms with Crippen LogP contribution in [-0.4, -0.2) is 35.0 Å². The summed E-state index contributed by atoms with van der Waals surface area (Å²) in [5, 5.41) is 9.55. The molecule has 1 saturated heterocycles. The molecule has 112 valence electrons. The minimum absolute atomic E-state index is 0.187. The molecule has 0 aromatic heterocycles. The maximum atomic E-state index is 12.4. The van der Waals surface area contributed by atoms with Gasteiger partial charge in [0.15, 0.2) is 0 Å². The van der Waals surface area contributed by atoms with Crippen molar-refractivity contribution in [2.45, 2.75) is 51.9 Å². The fourth-order valence-electron chi connectivity index (χ4n) is 4.72. The van der Waals surface area contributed by atoms with E-state index in [1.54, 1.807) is 0 Å². The zero-order chi connectivity index (χ0) is 14.3. The first-order valence-electron chi connectivity index (χ1n) is 8.02. The molecule has 4 atom stereocenters. The van der Waals surface area contributed by atoms with Crippen molar-refractivity contribution in [2.24, 2.45) is 23.2 Å². The van der Waals surface area contributed by atoms with Crippen LogP contribution < -0.4 is 0 Å². The van der Waals surface area contributed by atoms with Crippen molar-refractivity contribution < 1.29 is 14.7 Å². The van der Waals surface area contributed by atoms with Gasteiger partial charge in [-0.05, 0) is 43.4 Å². The van der Waals surface area contributed by atoms with Gasteiger partial charge in [-0.1, -0.05) is 19.8 Å². The fraction of sp³-hybridized carbons (Fsp3) is 0.875. The minimum atomic E-state index is -0.690. The Morgan fingerprint density at radius 3 is 2.70 bits per heavy atom. The molecule has 20 heavy (non-hydrogen) atoms. The predicted octanol–water partition coefficient (Wildman–Crippen LogP) is 2.53. The second-order valence-corrected chi connectivity index (χ2v) is 7.31. The summed E-state index contributed by atoms with van der Waals surface area (Å²) in [4.78, 5) is 25.9. The van der Waals surface area contributed by atoms with Crippen molar-refractivity contribution in [3.8, 4) is 0 Å². The molecule has 3 aliphatic rings. The molecule has 0 aromatic rings. The summed E-state index contributed by atoms with van der Waals surface area (Å²) in [6, 6.07) is 0. The molecule has 1 heterocycles. The number of hydrogen-bond donors (Lipinski definition) is 1. The Hall–Kier alpha value is -1.06. The van der Waals surface area contributed by atoms with Crippen molar-refractivity contribution in [1.82, 2.24) is 4.90 Å². The monoisotopic (exact) mass is 279 g/mol. The quantitative estimate of drug-likeness (QED) is 0.863. The van der Waals surface area contributed by atoms with Gasteiger partial charge in [0.25, 0.3) is 0 Å². The first-order valence-corrected chi connectivity index (χ1v) is 8.02. The fourth-order valence-corrected chi connectivity index (χ4v) is 4.72. The lowest BCUT2D eigenvalue weighted by Crippen LogP contribution is -2.37. The summed E-state index contributed by atoms with van der Waals surface area (Å²) in [7, 11) is 0. The van der Waals surface area contributed by atoms with Crippen LogP contribution in [0.3, 0.4) is 0 Å². The van der Waals surface area contributed by atoms with Crippen LogP contribution in [0.2, 0.25) is 0 Å². The lowest BCUT2D eigenvalue weighted by molar-refractivity contribution is -0.149. The largest absolute Gasteiger partial charge is 0.481 e. The van der Waals surface area contributed by atoms with Crippen molar-refractivity contribution in [3.63, 3.8) is 0 Å². The van der Waals surface area contributed by atoms with E-state index in [2.05, 4.69) is 6.92 Å². The number of carbonyl (C=O) groups is 2. The number of nitrogens with zero attached hydrogens (tertiary/aromatic N) is 1. The Kier molecular flexibility index (Phi) is 3.51. The van der Waals surface area contributed by atoms with Crippen molar-refractivity contribution in [2.75, 3.05) is 13.1 Å². The van der Waals surface area contributed by atoms with E-state index >= 15 is 0 Å². The number of carboxylic acids is 1. The molecule has 2 unspecified atom stereocenters. The first-order chi connectivity index (χ1) is 9.51. The summed E-state index contributed by atoms with van der Waals surface area (Å²) in [6.45, 7) is 3.38. The van der Waals surface area contributed by atoms with Gasteiger partial charge in [0.2, 0.25) is 5.91 Å². The van der Waals surface area contributed by atoms with Crippen LogP contribution in [0, 0.1) is 23.2 Å². The van der Waals surface area contributed by atoms with Crippen molar-refractivity contribution in [3.05, 3.63) is 0 Å². The Morgan fingerprint density at radius 2 is 2.10 bits per heavy atom. The second-order valence-electron chi connectivity index (χ2n) is 7.31. The smallest absolute Gasteiger partial charge is 0.311 e. The van der Waals surface area contributed by atoms with Gasteiger partial charge in [-0.2, -0.15) is 0 Å². The molecule has 0 aromatic carbocycles. The number of hydrogen-bond acceptors (Lipinski definition) is 2. The average Bonchev–Trinajstić information content (AvgIpc) is 3.02. The lowest BCUT2D eigenvalue weighted by atomic mass is 9.81. The van der Waals surface area contributed by atoms with Crippen molar-refractivity contribution in [1.29, 1.82) is 0 Å². The molecule has 4 nitrogen and oxygen atoms in total. The van der Waals surface area contributed by atoms with Crippen LogP contribution in [0.4, 0.5) is 0 Å². The maximum Gasteiger partial charge on any atom is 0.311 e. The lowest BCUT2D eigenvalue weighted by Gasteiger charge is -2.24. The highest BCUT2D eigenvalue weighted by Crippen LogP contribution is 2.49.